The van der Waals surface area contributed by atoms with E-state index in [2.05, 4.69) is 5.32 Å². The zero-order chi connectivity index (χ0) is 6.69. The van der Waals surface area contributed by atoms with E-state index in [4.69, 9.17) is 23.2 Å². The first-order chi connectivity index (χ1) is 4.33. The molecule has 0 bridgehead atoms. The van der Waals surface area contributed by atoms with Gasteiger partial charge in [0.05, 0.1) is 11.1 Å². The van der Waals surface area contributed by atoms with Gasteiger partial charge in [0.1, 0.15) is 0 Å². The van der Waals surface area contributed by atoms with E-state index in [1.165, 1.54) is 0 Å². The van der Waals surface area contributed by atoms with E-state index in [9.17, 15) is 0 Å². The number of hydrogen-bond acceptors (Lipinski definition) is 1. The number of halogens is 2. The molecular formula is C6H7Cl2N. The molecule has 0 aliphatic carbocycles. The second-order valence-electron chi connectivity index (χ2n) is 1.82. The molecule has 1 atom stereocenters. The predicted octanol–water partition coefficient (Wildman–Crippen LogP) is 1.83. The topological polar surface area (TPSA) is 12.0 Å². The average Bonchev–Trinajstić information content (AvgIpc) is 1.90. The molecule has 0 amide bonds. The van der Waals surface area contributed by atoms with Crippen molar-refractivity contribution in [2.75, 3.05) is 5.88 Å². The van der Waals surface area contributed by atoms with Crippen LogP contribution >= 0.6 is 23.2 Å². The molecule has 0 radical (unpaired) electrons. The van der Waals surface area contributed by atoms with Gasteiger partial charge in [-0.2, -0.15) is 0 Å². The molecule has 1 heterocycles. The van der Waals surface area contributed by atoms with Crippen LogP contribution in [0.3, 0.4) is 0 Å². The fraction of sp³-hybridized carbons (Fsp3) is 0.333. The van der Waals surface area contributed by atoms with Crippen molar-refractivity contribution < 1.29 is 0 Å². The molecule has 3 heteroatoms. The van der Waals surface area contributed by atoms with Gasteiger partial charge in [-0.15, -0.1) is 11.6 Å². The standard InChI is InChI=1S/C6H7Cl2N/c7-3-6-2-1-5(8)4-9-6/h1-2,4,6,9H,3H2. The van der Waals surface area contributed by atoms with Crippen LogP contribution in [-0.2, 0) is 0 Å². The first-order valence-corrected chi connectivity index (χ1v) is 3.60. The van der Waals surface area contributed by atoms with Crippen molar-refractivity contribution in [3.05, 3.63) is 23.4 Å². The van der Waals surface area contributed by atoms with Gasteiger partial charge < -0.3 is 5.32 Å². The van der Waals surface area contributed by atoms with Crippen LogP contribution in [0.25, 0.3) is 0 Å². The monoisotopic (exact) mass is 163 g/mol. The maximum atomic E-state index is 5.61. The number of allylic oxidation sites excluding steroid dienone is 2. The van der Waals surface area contributed by atoms with E-state index in [0.717, 1.165) is 5.03 Å². The van der Waals surface area contributed by atoms with E-state index in [1.54, 1.807) is 6.20 Å². The molecule has 0 spiro atoms. The molecule has 0 aromatic heterocycles. The predicted molar refractivity (Wildman–Crippen MR) is 40.7 cm³/mol. The minimum atomic E-state index is 0.245. The third-order valence-corrected chi connectivity index (χ3v) is 1.66. The minimum absolute atomic E-state index is 0.245. The number of nitrogens with one attached hydrogen (secondary N) is 1. The van der Waals surface area contributed by atoms with E-state index < -0.39 is 0 Å². The third-order valence-electron chi connectivity index (χ3n) is 1.09. The fourth-order valence-corrected chi connectivity index (χ4v) is 0.922. The summed E-state index contributed by atoms with van der Waals surface area (Å²) in [5.74, 6) is 0.581. The molecule has 1 rings (SSSR count). The largest absolute Gasteiger partial charge is 0.382 e. The zero-order valence-electron chi connectivity index (χ0n) is 4.77. The molecular weight excluding hydrogens is 157 g/mol. The number of dihydropyridines is 1. The highest BCUT2D eigenvalue weighted by Gasteiger charge is 2.02. The summed E-state index contributed by atoms with van der Waals surface area (Å²) in [4.78, 5) is 0. The van der Waals surface area contributed by atoms with Crippen LogP contribution in [0, 0.1) is 0 Å². The van der Waals surface area contributed by atoms with Crippen molar-refractivity contribution in [3.63, 3.8) is 0 Å². The lowest BCUT2D eigenvalue weighted by Crippen LogP contribution is -2.25. The summed E-state index contributed by atoms with van der Waals surface area (Å²) in [5, 5.41) is 3.72. The van der Waals surface area contributed by atoms with E-state index in [-0.39, 0.29) is 6.04 Å². The van der Waals surface area contributed by atoms with Gasteiger partial charge >= 0.3 is 0 Å². The van der Waals surface area contributed by atoms with Crippen molar-refractivity contribution >= 4 is 23.2 Å². The molecule has 0 aromatic rings. The molecule has 1 unspecified atom stereocenters. The van der Waals surface area contributed by atoms with Crippen molar-refractivity contribution in [1.82, 2.24) is 5.32 Å². The Hall–Kier alpha value is -0.140. The third kappa shape index (κ3) is 1.92. The van der Waals surface area contributed by atoms with Crippen molar-refractivity contribution in [1.29, 1.82) is 0 Å². The van der Waals surface area contributed by atoms with E-state index in [0.29, 0.717) is 5.88 Å². The van der Waals surface area contributed by atoms with Crippen molar-refractivity contribution in [2.24, 2.45) is 0 Å². The second-order valence-corrected chi connectivity index (χ2v) is 2.56. The Kier molecular flexibility index (Phi) is 2.43. The molecule has 0 saturated carbocycles. The van der Waals surface area contributed by atoms with Gasteiger partial charge in [-0.25, -0.2) is 0 Å². The smallest absolute Gasteiger partial charge is 0.0578 e. The molecule has 0 saturated heterocycles. The first kappa shape index (κ1) is 6.97. The van der Waals surface area contributed by atoms with Gasteiger partial charge in [0, 0.05) is 12.1 Å². The highest BCUT2D eigenvalue weighted by molar-refractivity contribution is 6.31. The Morgan fingerprint density at radius 1 is 1.67 bits per heavy atom. The van der Waals surface area contributed by atoms with Crippen LogP contribution in [0.4, 0.5) is 0 Å². The summed E-state index contributed by atoms with van der Waals surface area (Å²) in [6.07, 6.45) is 5.52. The SMILES string of the molecule is ClCC1C=CC(Cl)=CN1. The summed E-state index contributed by atoms with van der Waals surface area (Å²) in [6, 6.07) is 0.245. The van der Waals surface area contributed by atoms with Gasteiger partial charge in [-0.05, 0) is 6.08 Å². The van der Waals surface area contributed by atoms with Gasteiger partial charge in [0.2, 0.25) is 0 Å². The Balaban J connectivity index is 2.48. The summed E-state index contributed by atoms with van der Waals surface area (Å²) in [7, 11) is 0. The van der Waals surface area contributed by atoms with Gasteiger partial charge in [0.25, 0.3) is 0 Å². The quantitative estimate of drug-likeness (QED) is 0.583. The zero-order valence-corrected chi connectivity index (χ0v) is 6.28. The molecule has 50 valence electrons. The molecule has 9 heavy (non-hydrogen) atoms. The van der Waals surface area contributed by atoms with Gasteiger partial charge in [0.15, 0.2) is 0 Å². The summed E-state index contributed by atoms with van der Waals surface area (Å²) in [6.45, 7) is 0. The Morgan fingerprint density at radius 2 is 2.44 bits per heavy atom. The molecule has 1 aliphatic rings. The van der Waals surface area contributed by atoms with Crippen LogP contribution in [-0.4, -0.2) is 11.9 Å². The number of hydrogen-bond donors (Lipinski definition) is 1. The van der Waals surface area contributed by atoms with Crippen molar-refractivity contribution in [2.45, 2.75) is 6.04 Å². The summed E-state index contributed by atoms with van der Waals surface area (Å²) in [5.41, 5.74) is 0. The van der Waals surface area contributed by atoms with Crippen LogP contribution in [0.5, 0.6) is 0 Å². The lowest BCUT2D eigenvalue weighted by atomic mass is 10.2. The molecule has 1 nitrogen and oxygen atoms in total. The first-order valence-electron chi connectivity index (χ1n) is 2.69. The highest BCUT2D eigenvalue weighted by atomic mass is 35.5. The average molecular weight is 164 g/mol. The normalized spacial score (nSPS) is 25.1. The lowest BCUT2D eigenvalue weighted by molar-refractivity contribution is 0.765. The Labute approximate surface area is 64.3 Å². The van der Waals surface area contributed by atoms with Crippen LogP contribution < -0.4 is 5.32 Å². The van der Waals surface area contributed by atoms with Crippen LogP contribution in [0.15, 0.2) is 23.4 Å². The highest BCUT2D eigenvalue weighted by Crippen LogP contribution is 2.07. The van der Waals surface area contributed by atoms with Gasteiger partial charge in [-0.3, -0.25) is 0 Å². The number of rotatable bonds is 1. The van der Waals surface area contributed by atoms with E-state index in [1.807, 2.05) is 12.2 Å². The molecule has 0 fully saturated rings. The molecule has 1 aliphatic heterocycles. The van der Waals surface area contributed by atoms with Gasteiger partial charge in [-0.1, -0.05) is 17.7 Å². The molecule has 0 aromatic carbocycles. The van der Waals surface area contributed by atoms with E-state index >= 15 is 0 Å². The van der Waals surface area contributed by atoms with Crippen LogP contribution in [0.1, 0.15) is 0 Å². The Morgan fingerprint density at radius 3 is 2.89 bits per heavy atom. The van der Waals surface area contributed by atoms with Crippen molar-refractivity contribution in [3.8, 4) is 0 Å². The summed E-state index contributed by atoms with van der Waals surface area (Å²) >= 11 is 11.1. The van der Waals surface area contributed by atoms with Crippen LogP contribution in [0.2, 0.25) is 0 Å². The minimum Gasteiger partial charge on any atom is -0.382 e. The second kappa shape index (κ2) is 3.14. The molecule has 1 N–H and O–H groups in total. The Bertz CT molecular complexity index is 151. The lowest BCUT2D eigenvalue weighted by Gasteiger charge is -2.12. The maximum Gasteiger partial charge on any atom is 0.0578 e. The number of alkyl halides is 1. The summed E-state index contributed by atoms with van der Waals surface area (Å²) < 4.78 is 0. The maximum absolute atomic E-state index is 5.61. The fourth-order valence-electron chi connectivity index (χ4n) is 0.594.